The number of ether oxygens (including phenoxy) is 1. The number of nitrogens with one attached hydrogen (secondary N) is 2. The van der Waals surface area contributed by atoms with Gasteiger partial charge in [0.15, 0.2) is 0 Å². The van der Waals surface area contributed by atoms with Crippen molar-refractivity contribution in [1.29, 1.82) is 0 Å². The number of halogens is 1. The third-order valence-corrected chi connectivity index (χ3v) is 5.95. The third kappa shape index (κ3) is 6.50. The zero-order valence-electron chi connectivity index (χ0n) is 21.2. The molecule has 9 nitrogen and oxygen atoms in total. The molecule has 2 heterocycles. The van der Waals surface area contributed by atoms with E-state index in [0.717, 1.165) is 0 Å². The van der Waals surface area contributed by atoms with Crippen LogP contribution in [0.3, 0.4) is 0 Å². The Kier molecular flexibility index (Phi) is 8.37. The summed E-state index contributed by atoms with van der Waals surface area (Å²) in [6.45, 7) is 12.4. The van der Waals surface area contributed by atoms with E-state index in [0.29, 0.717) is 56.1 Å². The number of benzene rings is 1. The molecule has 192 valence electrons. The maximum atomic E-state index is 14.0. The highest BCUT2D eigenvalue weighted by Crippen LogP contribution is 2.32. The molecule has 1 aromatic carbocycles. The summed E-state index contributed by atoms with van der Waals surface area (Å²) in [5.74, 6) is -0.998. The van der Waals surface area contributed by atoms with E-state index in [1.54, 1.807) is 24.0 Å². The van der Waals surface area contributed by atoms with Gasteiger partial charge in [0.2, 0.25) is 0 Å². The molecule has 0 aromatic heterocycles. The van der Waals surface area contributed by atoms with Crippen LogP contribution in [0.1, 0.15) is 46.2 Å². The lowest BCUT2D eigenvalue weighted by Gasteiger charge is -2.40. The molecule has 2 N–H and O–H groups in total. The summed E-state index contributed by atoms with van der Waals surface area (Å²) in [5.41, 5.74) is 0.984. The second-order valence-electron chi connectivity index (χ2n) is 9.71. The molecule has 1 fully saturated rings. The van der Waals surface area contributed by atoms with Crippen LogP contribution in [-0.2, 0) is 9.53 Å². The number of esters is 1. The van der Waals surface area contributed by atoms with Crippen LogP contribution in [0.2, 0.25) is 0 Å². The summed E-state index contributed by atoms with van der Waals surface area (Å²) in [5, 5.41) is 5.82. The van der Waals surface area contributed by atoms with E-state index in [-0.39, 0.29) is 24.2 Å². The lowest BCUT2D eigenvalue weighted by molar-refractivity contribution is -0.139. The molecule has 0 bridgehead atoms. The van der Waals surface area contributed by atoms with Crippen molar-refractivity contribution in [1.82, 2.24) is 25.3 Å². The fourth-order valence-electron chi connectivity index (χ4n) is 4.31. The van der Waals surface area contributed by atoms with Crippen molar-refractivity contribution in [3.05, 3.63) is 46.9 Å². The van der Waals surface area contributed by atoms with Gasteiger partial charge in [-0.05, 0) is 52.3 Å². The van der Waals surface area contributed by atoms with Crippen molar-refractivity contribution < 1.29 is 23.5 Å². The van der Waals surface area contributed by atoms with Crippen molar-refractivity contribution in [2.75, 3.05) is 45.9 Å². The highest BCUT2D eigenvalue weighted by molar-refractivity contribution is 5.95. The first-order valence-corrected chi connectivity index (χ1v) is 12.1. The minimum absolute atomic E-state index is 0.109. The number of carbonyl (C=O) groups excluding carboxylic acids is 3. The van der Waals surface area contributed by atoms with Gasteiger partial charge >= 0.3 is 18.0 Å². The van der Waals surface area contributed by atoms with Gasteiger partial charge in [-0.1, -0.05) is 12.1 Å². The van der Waals surface area contributed by atoms with Gasteiger partial charge in [-0.3, -0.25) is 9.80 Å². The SMILES string of the molecule is CCOC(=O)C1=C(CN2CCN(C(=O)NC(C)(C)C)CC2)N(CC)C(=O)NC1c1cccc(F)c1. The van der Waals surface area contributed by atoms with Gasteiger partial charge < -0.3 is 20.3 Å². The van der Waals surface area contributed by atoms with Crippen LogP contribution in [-0.4, -0.2) is 84.1 Å². The van der Waals surface area contributed by atoms with Crippen LogP contribution in [0.4, 0.5) is 14.0 Å². The first-order valence-electron chi connectivity index (χ1n) is 12.1. The number of carbonyl (C=O) groups is 3. The monoisotopic (exact) mass is 489 g/mol. The zero-order chi connectivity index (χ0) is 25.8. The fourth-order valence-corrected chi connectivity index (χ4v) is 4.31. The van der Waals surface area contributed by atoms with Crippen LogP contribution >= 0.6 is 0 Å². The normalized spacial score (nSPS) is 19.5. The molecule has 3 rings (SSSR count). The Morgan fingerprint density at radius 2 is 1.86 bits per heavy atom. The van der Waals surface area contributed by atoms with Crippen LogP contribution in [0.5, 0.6) is 0 Å². The summed E-state index contributed by atoms with van der Waals surface area (Å²) in [7, 11) is 0. The van der Waals surface area contributed by atoms with Gasteiger partial charge in [-0.15, -0.1) is 0 Å². The highest BCUT2D eigenvalue weighted by atomic mass is 19.1. The minimum atomic E-state index is -0.825. The standard InChI is InChI=1S/C25H36FN5O4/c1-6-31-19(16-29-11-13-30(14-12-29)24(34)28-25(3,4)5)20(22(32)35-7-2)21(27-23(31)33)17-9-8-10-18(26)15-17/h8-10,15,21H,6-7,11-14,16H2,1-5H3,(H,27,33)(H,28,34). The summed E-state index contributed by atoms with van der Waals surface area (Å²) in [4.78, 5) is 44.1. The number of nitrogens with zero attached hydrogens (tertiary/aromatic N) is 3. The minimum Gasteiger partial charge on any atom is -0.463 e. The lowest BCUT2D eigenvalue weighted by atomic mass is 9.94. The Labute approximate surface area is 206 Å². The number of piperazine rings is 1. The Morgan fingerprint density at radius 1 is 1.17 bits per heavy atom. The van der Waals surface area contributed by atoms with Crippen LogP contribution in [0.15, 0.2) is 35.5 Å². The van der Waals surface area contributed by atoms with E-state index in [2.05, 4.69) is 15.5 Å². The molecule has 0 aliphatic carbocycles. The third-order valence-electron chi connectivity index (χ3n) is 5.95. The molecule has 1 saturated heterocycles. The molecule has 10 heteroatoms. The number of urea groups is 2. The quantitative estimate of drug-likeness (QED) is 0.600. The molecule has 4 amide bonds. The summed E-state index contributed by atoms with van der Waals surface area (Å²) >= 11 is 0. The number of likely N-dealkylation sites (N-methyl/N-ethyl adjacent to an activating group) is 1. The summed E-state index contributed by atoms with van der Waals surface area (Å²) in [6, 6.07) is 4.57. The molecular formula is C25H36FN5O4. The maximum Gasteiger partial charge on any atom is 0.338 e. The van der Waals surface area contributed by atoms with Gasteiger partial charge in [0.1, 0.15) is 5.82 Å². The van der Waals surface area contributed by atoms with Gasteiger partial charge in [0.25, 0.3) is 0 Å². The molecular weight excluding hydrogens is 453 g/mol. The second-order valence-corrected chi connectivity index (χ2v) is 9.71. The zero-order valence-corrected chi connectivity index (χ0v) is 21.2. The van der Waals surface area contributed by atoms with Crippen molar-refractivity contribution >= 4 is 18.0 Å². The van der Waals surface area contributed by atoms with Gasteiger partial charge in [0, 0.05) is 50.5 Å². The van der Waals surface area contributed by atoms with Gasteiger partial charge in [-0.2, -0.15) is 0 Å². The van der Waals surface area contributed by atoms with Crippen molar-refractivity contribution in [3.63, 3.8) is 0 Å². The molecule has 2 aliphatic rings. The summed E-state index contributed by atoms with van der Waals surface area (Å²) in [6.07, 6.45) is 0. The Balaban J connectivity index is 1.89. The average molecular weight is 490 g/mol. The fraction of sp³-hybridized carbons (Fsp3) is 0.560. The van der Waals surface area contributed by atoms with Gasteiger partial charge in [-0.25, -0.2) is 18.8 Å². The molecule has 0 radical (unpaired) electrons. The van der Waals surface area contributed by atoms with E-state index >= 15 is 0 Å². The number of hydrogen-bond donors (Lipinski definition) is 2. The Morgan fingerprint density at radius 3 is 2.43 bits per heavy atom. The van der Waals surface area contributed by atoms with E-state index < -0.39 is 17.8 Å². The second kappa shape index (κ2) is 11.1. The first-order chi connectivity index (χ1) is 16.5. The Hall–Kier alpha value is -3.14. The van der Waals surface area contributed by atoms with E-state index in [1.807, 2.05) is 27.7 Å². The molecule has 1 aromatic rings. The molecule has 0 spiro atoms. The lowest BCUT2D eigenvalue weighted by Crippen LogP contribution is -2.56. The van der Waals surface area contributed by atoms with Gasteiger partial charge in [0.05, 0.1) is 18.2 Å². The number of hydrogen-bond acceptors (Lipinski definition) is 5. The summed E-state index contributed by atoms with van der Waals surface area (Å²) < 4.78 is 19.4. The van der Waals surface area contributed by atoms with E-state index in [4.69, 9.17) is 4.74 Å². The molecule has 35 heavy (non-hydrogen) atoms. The number of rotatable bonds is 6. The maximum absolute atomic E-state index is 14.0. The van der Waals surface area contributed by atoms with E-state index in [9.17, 15) is 18.8 Å². The highest BCUT2D eigenvalue weighted by Gasteiger charge is 2.38. The van der Waals surface area contributed by atoms with Crippen molar-refractivity contribution in [2.45, 2.75) is 46.2 Å². The largest absolute Gasteiger partial charge is 0.463 e. The molecule has 2 aliphatic heterocycles. The predicted molar refractivity (Wildman–Crippen MR) is 130 cm³/mol. The molecule has 1 unspecified atom stereocenters. The average Bonchev–Trinajstić information content (AvgIpc) is 2.78. The molecule has 1 atom stereocenters. The number of amides is 4. The van der Waals surface area contributed by atoms with E-state index in [1.165, 1.54) is 17.0 Å². The van der Waals surface area contributed by atoms with Crippen LogP contribution < -0.4 is 10.6 Å². The topological polar surface area (TPSA) is 94.2 Å². The van der Waals surface area contributed by atoms with Crippen LogP contribution in [0, 0.1) is 5.82 Å². The van der Waals surface area contributed by atoms with Crippen LogP contribution in [0.25, 0.3) is 0 Å². The first kappa shape index (κ1) is 26.5. The van der Waals surface area contributed by atoms with Crippen molar-refractivity contribution in [2.24, 2.45) is 0 Å². The Bertz CT molecular complexity index is 982. The molecule has 0 saturated carbocycles. The van der Waals surface area contributed by atoms with Crippen molar-refractivity contribution in [3.8, 4) is 0 Å². The predicted octanol–water partition coefficient (Wildman–Crippen LogP) is 2.85. The smallest absolute Gasteiger partial charge is 0.338 e.